The van der Waals surface area contributed by atoms with E-state index in [4.69, 9.17) is 9.57 Å². The molecular weight excluding hydrogens is 262 g/mol. The van der Waals surface area contributed by atoms with Gasteiger partial charge in [-0.25, -0.2) is 4.79 Å². The summed E-state index contributed by atoms with van der Waals surface area (Å²) in [6.45, 7) is -0.0516. The van der Waals surface area contributed by atoms with Crippen LogP contribution in [-0.4, -0.2) is 42.0 Å². The molecule has 6 heteroatoms. The van der Waals surface area contributed by atoms with Gasteiger partial charge >= 0.3 is 11.9 Å². The van der Waals surface area contributed by atoms with Crippen LogP contribution in [0.1, 0.15) is 38.5 Å². The first-order valence-electron chi connectivity index (χ1n) is 6.99. The van der Waals surface area contributed by atoms with Crippen molar-refractivity contribution in [1.29, 1.82) is 0 Å². The molecule has 0 radical (unpaired) electrons. The predicted molar refractivity (Wildman–Crippen MR) is 69.4 cm³/mol. The average Bonchev–Trinajstić information content (AvgIpc) is 2.69. The van der Waals surface area contributed by atoms with E-state index in [1.807, 2.05) is 0 Å². The zero-order valence-corrected chi connectivity index (χ0v) is 11.4. The van der Waals surface area contributed by atoms with Gasteiger partial charge < -0.3 is 9.57 Å². The smallest absolute Gasteiger partial charge is 0.357 e. The van der Waals surface area contributed by atoms with Gasteiger partial charge in [-0.15, -0.1) is 0 Å². The number of carbonyl (C=O) groups excluding carboxylic acids is 3. The van der Waals surface area contributed by atoms with Crippen LogP contribution in [-0.2, 0) is 24.0 Å². The number of carbonyl (C=O) groups is 3. The van der Waals surface area contributed by atoms with Crippen LogP contribution in [0.3, 0.4) is 0 Å². The molecule has 6 nitrogen and oxygen atoms in total. The fraction of sp³-hybridized carbons (Fsp3) is 0.643. The summed E-state index contributed by atoms with van der Waals surface area (Å²) in [6, 6.07) is 0. The highest BCUT2D eigenvalue weighted by Gasteiger charge is 2.32. The molecule has 0 saturated carbocycles. The number of amides is 1. The van der Waals surface area contributed by atoms with E-state index in [0.717, 1.165) is 37.2 Å². The number of hydroxylamine groups is 2. The van der Waals surface area contributed by atoms with Crippen molar-refractivity contribution in [2.75, 3.05) is 13.2 Å². The molecule has 0 aromatic heterocycles. The zero-order valence-electron chi connectivity index (χ0n) is 11.4. The predicted octanol–water partition coefficient (Wildman–Crippen LogP) is 1.15. The lowest BCUT2D eigenvalue weighted by Gasteiger charge is -2.19. The number of hydrogen-bond acceptors (Lipinski definition) is 5. The quantitative estimate of drug-likeness (QED) is 0.571. The fourth-order valence-electron chi connectivity index (χ4n) is 2.27. The van der Waals surface area contributed by atoms with Crippen molar-refractivity contribution in [2.45, 2.75) is 44.6 Å². The average molecular weight is 281 g/mol. The van der Waals surface area contributed by atoms with Crippen LogP contribution in [0, 0.1) is 0 Å². The van der Waals surface area contributed by atoms with E-state index in [-0.39, 0.29) is 25.7 Å². The number of Topliss-reactive ketones (excluding diaryl/α,β-unsaturated/α-hetero) is 1. The summed E-state index contributed by atoms with van der Waals surface area (Å²) in [7, 11) is 0. The maximum Gasteiger partial charge on any atom is 0.357 e. The molecule has 20 heavy (non-hydrogen) atoms. The first-order chi connectivity index (χ1) is 9.66. The molecular formula is C14H19NO5. The van der Waals surface area contributed by atoms with Crippen LogP contribution in [0.2, 0.25) is 0 Å². The van der Waals surface area contributed by atoms with Crippen LogP contribution in [0.15, 0.2) is 12.2 Å². The molecule has 110 valence electrons. The summed E-state index contributed by atoms with van der Waals surface area (Å²) in [5.74, 6) is -1.91. The van der Waals surface area contributed by atoms with Gasteiger partial charge in [0.05, 0.1) is 12.6 Å². The molecule has 2 aliphatic rings. The van der Waals surface area contributed by atoms with Crippen molar-refractivity contribution in [3.8, 4) is 0 Å². The highest BCUT2D eigenvalue weighted by atomic mass is 16.7. The van der Waals surface area contributed by atoms with E-state index >= 15 is 0 Å². The van der Waals surface area contributed by atoms with E-state index in [9.17, 15) is 14.4 Å². The van der Waals surface area contributed by atoms with Crippen molar-refractivity contribution < 1.29 is 24.0 Å². The van der Waals surface area contributed by atoms with Crippen molar-refractivity contribution >= 4 is 17.7 Å². The Kier molecular flexibility index (Phi) is 5.29. The molecule has 1 aliphatic heterocycles. The van der Waals surface area contributed by atoms with Gasteiger partial charge in [-0.3, -0.25) is 9.59 Å². The van der Waals surface area contributed by atoms with E-state index < -0.39 is 17.7 Å². The van der Waals surface area contributed by atoms with Gasteiger partial charge in [0, 0.05) is 6.42 Å². The largest absolute Gasteiger partial charge is 0.366 e. The number of ketones is 1. The van der Waals surface area contributed by atoms with Crippen LogP contribution in [0.5, 0.6) is 0 Å². The van der Waals surface area contributed by atoms with Gasteiger partial charge in [0.1, 0.15) is 6.61 Å². The number of allylic oxidation sites excluding steroid dienone is 2. The van der Waals surface area contributed by atoms with Crippen molar-refractivity contribution in [1.82, 2.24) is 5.06 Å². The Balaban J connectivity index is 1.70. The molecule has 2 rings (SSSR count). The Labute approximate surface area is 117 Å². The second-order valence-corrected chi connectivity index (χ2v) is 4.96. The Bertz CT molecular complexity index is 418. The number of rotatable bonds is 4. The van der Waals surface area contributed by atoms with Gasteiger partial charge in [-0.05, 0) is 32.1 Å². The summed E-state index contributed by atoms with van der Waals surface area (Å²) in [4.78, 5) is 38.7. The van der Waals surface area contributed by atoms with Crippen LogP contribution >= 0.6 is 0 Å². The van der Waals surface area contributed by atoms with Gasteiger partial charge in [0.2, 0.25) is 5.78 Å². The van der Waals surface area contributed by atoms with Crippen molar-refractivity contribution in [3.63, 3.8) is 0 Å². The molecule has 0 aromatic carbocycles. The molecule has 1 heterocycles. The van der Waals surface area contributed by atoms with E-state index in [2.05, 4.69) is 12.2 Å². The van der Waals surface area contributed by atoms with Gasteiger partial charge in [-0.2, -0.15) is 5.06 Å². The third kappa shape index (κ3) is 4.16. The normalized spacial score (nSPS) is 25.2. The molecule has 0 aromatic rings. The van der Waals surface area contributed by atoms with Gasteiger partial charge in [0.25, 0.3) is 0 Å². The van der Waals surface area contributed by atoms with Crippen molar-refractivity contribution in [3.05, 3.63) is 12.2 Å². The van der Waals surface area contributed by atoms with Crippen LogP contribution < -0.4 is 0 Å². The topological polar surface area (TPSA) is 72.9 Å². The minimum absolute atomic E-state index is 0.0448. The molecule has 1 unspecified atom stereocenters. The fourth-order valence-corrected chi connectivity index (χ4v) is 2.27. The second-order valence-electron chi connectivity index (χ2n) is 4.96. The molecule has 0 bridgehead atoms. The highest BCUT2D eigenvalue weighted by Crippen LogP contribution is 2.15. The third-order valence-electron chi connectivity index (χ3n) is 3.37. The first kappa shape index (κ1) is 14.7. The van der Waals surface area contributed by atoms with Crippen molar-refractivity contribution in [2.24, 2.45) is 0 Å². The first-order valence-corrected chi connectivity index (χ1v) is 6.99. The summed E-state index contributed by atoms with van der Waals surface area (Å²) >= 11 is 0. The lowest BCUT2D eigenvalue weighted by Crippen LogP contribution is -2.32. The van der Waals surface area contributed by atoms with E-state index in [1.54, 1.807) is 0 Å². The van der Waals surface area contributed by atoms with Crippen LogP contribution in [0.25, 0.3) is 0 Å². The monoisotopic (exact) mass is 281 g/mol. The van der Waals surface area contributed by atoms with E-state index in [0.29, 0.717) is 0 Å². The number of nitrogens with zero attached hydrogens (tertiary/aromatic N) is 1. The minimum atomic E-state index is -0.755. The molecule has 1 saturated heterocycles. The second kappa shape index (κ2) is 7.19. The Morgan fingerprint density at radius 2 is 2.05 bits per heavy atom. The summed E-state index contributed by atoms with van der Waals surface area (Å²) in [6.07, 6.45) is 9.25. The van der Waals surface area contributed by atoms with Gasteiger partial charge in [0.15, 0.2) is 0 Å². The Morgan fingerprint density at radius 3 is 2.80 bits per heavy atom. The van der Waals surface area contributed by atoms with Gasteiger partial charge in [-0.1, -0.05) is 12.2 Å². The molecule has 0 spiro atoms. The Hall–Kier alpha value is -1.69. The maximum absolute atomic E-state index is 11.6. The zero-order chi connectivity index (χ0) is 14.4. The molecule has 0 N–H and O–H groups in total. The minimum Gasteiger partial charge on any atom is -0.366 e. The number of hydrogen-bond donors (Lipinski definition) is 0. The lowest BCUT2D eigenvalue weighted by atomic mass is 10.0. The summed E-state index contributed by atoms with van der Waals surface area (Å²) in [5.41, 5.74) is 0. The highest BCUT2D eigenvalue weighted by molar-refractivity contribution is 6.37. The maximum atomic E-state index is 11.6. The molecule has 1 amide bonds. The molecule has 1 atom stereocenters. The summed E-state index contributed by atoms with van der Waals surface area (Å²) < 4.78 is 5.52. The third-order valence-corrected chi connectivity index (χ3v) is 3.37. The van der Waals surface area contributed by atoms with Crippen LogP contribution in [0.4, 0.5) is 0 Å². The van der Waals surface area contributed by atoms with E-state index in [1.165, 1.54) is 0 Å². The standard InChI is InChI=1S/C14H19NO5/c16-12-8-9-15(14(12)18)20-13(17)10-19-11-6-4-2-1-3-5-7-11/h1-2,11H,3-10H2/b2-1-. The Morgan fingerprint density at radius 1 is 1.25 bits per heavy atom. The summed E-state index contributed by atoms with van der Waals surface area (Å²) in [5, 5.41) is 0.814. The molecule has 1 fully saturated rings. The molecule has 1 aliphatic carbocycles. The lowest BCUT2D eigenvalue weighted by molar-refractivity contribution is -0.197. The number of ether oxygens (including phenoxy) is 1. The SMILES string of the molecule is O=C(COC1CC/C=C\CCC1)ON1CCC(=O)C1=O.